The van der Waals surface area contributed by atoms with Crippen LogP contribution < -0.4 is 15.4 Å². The third-order valence-corrected chi connectivity index (χ3v) is 3.17. The van der Waals surface area contributed by atoms with Gasteiger partial charge in [0.25, 0.3) is 0 Å². The molecular weight excluding hydrogens is 240 g/mol. The summed E-state index contributed by atoms with van der Waals surface area (Å²) in [5.74, 6) is 1.09. The summed E-state index contributed by atoms with van der Waals surface area (Å²) in [6.45, 7) is 1.99. The van der Waals surface area contributed by atoms with Gasteiger partial charge in [0.2, 0.25) is 11.8 Å². The van der Waals surface area contributed by atoms with Crippen molar-refractivity contribution in [3.05, 3.63) is 11.2 Å². The summed E-state index contributed by atoms with van der Waals surface area (Å²) in [5, 5.41) is 7.04. The summed E-state index contributed by atoms with van der Waals surface area (Å²) < 4.78 is 5.62. The summed E-state index contributed by atoms with van der Waals surface area (Å²) in [6, 6.07) is 0.393. The Bertz CT molecular complexity index is 404. The van der Waals surface area contributed by atoms with Crippen LogP contribution in [0.3, 0.4) is 0 Å². The quantitative estimate of drug-likeness (QED) is 0.852. The Morgan fingerprint density at radius 2 is 2.29 bits per heavy atom. The smallest absolute Gasteiger partial charge is 0.237 e. The molecule has 0 amide bonds. The van der Waals surface area contributed by atoms with Crippen LogP contribution in [-0.2, 0) is 0 Å². The van der Waals surface area contributed by atoms with E-state index in [2.05, 4.69) is 20.6 Å². The Kier molecular flexibility index (Phi) is 3.03. The van der Waals surface area contributed by atoms with Crippen molar-refractivity contribution in [1.82, 2.24) is 15.3 Å². The molecule has 0 aromatic carbocycles. The van der Waals surface area contributed by atoms with E-state index in [1.54, 1.807) is 6.20 Å². The molecule has 1 aromatic rings. The number of rotatable bonds is 4. The molecule has 1 atom stereocenters. The normalized spacial score (nSPS) is 23.7. The zero-order chi connectivity index (χ0) is 11.7. The number of halogens is 1. The summed E-state index contributed by atoms with van der Waals surface area (Å²) in [5.41, 5.74) is 0. The lowest BCUT2D eigenvalue weighted by Gasteiger charge is -2.12. The maximum atomic E-state index is 5.99. The van der Waals surface area contributed by atoms with Crippen LogP contribution in [0.1, 0.15) is 19.3 Å². The number of ether oxygens (including phenoxy) is 1. The van der Waals surface area contributed by atoms with E-state index in [9.17, 15) is 0 Å². The Labute approximate surface area is 105 Å². The van der Waals surface area contributed by atoms with E-state index in [0.29, 0.717) is 29.0 Å². The van der Waals surface area contributed by atoms with Crippen LogP contribution in [0, 0.1) is 0 Å². The molecule has 0 radical (unpaired) electrons. The lowest BCUT2D eigenvalue weighted by molar-refractivity contribution is 0.291. The first-order valence-corrected chi connectivity index (χ1v) is 6.35. The van der Waals surface area contributed by atoms with Crippen LogP contribution in [-0.4, -0.2) is 35.2 Å². The Balaban J connectivity index is 1.70. The molecule has 1 saturated heterocycles. The first-order chi connectivity index (χ1) is 8.31. The predicted octanol–water partition coefficient (Wildman–Crippen LogP) is 1.45. The highest BCUT2D eigenvalue weighted by Gasteiger charge is 2.25. The maximum Gasteiger partial charge on any atom is 0.237 e. The summed E-state index contributed by atoms with van der Waals surface area (Å²) in [7, 11) is 0. The number of aromatic nitrogens is 2. The van der Waals surface area contributed by atoms with Crippen LogP contribution in [0.15, 0.2) is 6.20 Å². The molecule has 5 nitrogen and oxygen atoms in total. The molecule has 0 bridgehead atoms. The molecule has 2 N–H and O–H groups in total. The highest BCUT2D eigenvalue weighted by Crippen LogP contribution is 2.30. The Morgan fingerprint density at radius 3 is 3.00 bits per heavy atom. The molecule has 2 heterocycles. The molecule has 2 aliphatic rings. The van der Waals surface area contributed by atoms with E-state index in [1.165, 1.54) is 0 Å². The molecule has 6 heteroatoms. The van der Waals surface area contributed by atoms with Gasteiger partial charge in [-0.1, -0.05) is 11.6 Å². The van der Waals surface area contributed by atoms with Gasteiger partial charge in [-0.2, -0.15) is 4.98 Å². The van der Waals surface area contributed by atoms with Crippen molar-refractivity contribution in [2.45, 2.75) is 31.4 Å². The second kappa shape index (κ2) is 4.66. The fourth-order valence-corrected chi connectivity index (χ4v) is 1.94. The highest BCUT2D eigenvalue weighted by atomic mass is 35.5. The predicted molar refractivity (Wildman–Crippen MR) is 65.6 cm³/mol. The fourth-order valence-electron chi connectivity index (χ4n) is 1.81. The monoisotopic (exact) mass is 254 g/mol. The van der Waals surface area contributed by atoms with E-state index in [0.717, 1.165) is 32.4 Å². The van der Waals surface area contributed by atoms with Gasteiger partial charge in [0, 0.05) is 12.6 Å². The average Bonchev–Trinajstić information content (AvgIpc) is 2.98. The van der Waals surface area contributed by atoms with Crippen LogP contribution in [0.2, 0.25) is 5.02 Å². The third kappa shape index (κ3) is 2.79. The number of hydrogen-bond acceptors (Lipinski definition) is 5. The maximum absolute atomic E-state index is 5.99. The SMILES string of the molecule is Clc1cnc(N[C@@H]2CCNC2)nc1OC1CC1. The van der Waals surface area contributed by atoms with Gasteiger partial charge in [-0.3, -0.25) is 0 Å². The van der Waals surface area contributed by atoms with E-state index in [-0.39, 0.29) is 0 Å². The third-order valence-electron chi connectivity index (χ3n) is 2.91. The average molecular weight is 255 g/mol. The van der Waals surface area contributed by atoms with Crippen molar-refractivity contribution in [2.24, 2.45) is 0 Å². The fraction of sp³-hybridized carbons (Fsp3) is 0.636. The van der Waals surface area contributed by atoms with Gasteiger partial charge in [-0.25, -0.2) is 4.98 Å². The second-order valence-corrected chi connectivity index (χ2v) is 4.91. The first-order valence-electron chi connectivity index (χ1n) is 5.98. The molecule has 1 aliphatic heterocycles. The number of nitrogens with zero attached hydrogens (tertiary/aromatic N) is 2. The zero-order valence-corrected chi connectivity index (χ0v) is 10.2. The molecule has 1 aromatic heterocycles. The summed E-state index contributed by atoms with van der Waals surface area (Å²) in [4.78, 5) is 8.48. The van der Waals surface area contributed by atoms with Crippen LogP contribution in [0.4, 0.5) is 5.95 Å². The summed E-state index contributed by atoms with van der Waals surface area (Å²) >= 11 is 5.99. The molecule has 2 fully saturated rings. The van der Waals surface area contributed by atoms with Gasteiger partial charge in [0.1, 0.15) is 11.1 Å². The van der Waals surface area contributed by atoms with Crippen molar-refractivity contribution in [1.29, 1.82) is 0 Å². The highest BCUT2D eigenvalue weighted by molar-refractivity contribution is 6.31. The van der Waals surface area contributed by atoms with Gasteiger partial charge in [-0.05, 0) is 25.8 Å². The molecule has 0 spiro atoms. The van der Waals surface area contributed by atoms with Crippen LogP contribution in [0.25, 0.3) is 0 Å². The molecule has 17 heavy (non-hydrogen) atoms. The van der Waals surface area contributed by atoms with Crippen molar-refractivity contribution < 1.29 is 4.74 Å². The van der Waals surface area contributed by atoms with Crippen LogP contribution in [0.5, 0.6) is 5.88 Å². The Morgan fingerprint density at radius 1 is 1.41 bits per heavy atom. The van der Waals surface area contributed by atoms with Crippen molar-refractivity contribution in [2.75, 3.05) is 18.4 Å². The zero-order valence-electron chi connectivity index (χ0n) is 9.45. The molecule has 3 rings (SSSR count). The number of nitrogens with one attached hydrogen (secondary N) is 2. The minimum atomic E-state index is 0.295. The van der Waals surface area contributed by atoms with Crippen molar-refractivity contribution >= 4 is 17.5 Å². The molecule has 0 unspecified atom stereocenters. The lowest BCUT2D eigenvalue weighted by atomic mass is 10.3. The molecular formula is C11H15ClN4O. The van der Waals surface area contributed by atoms with Gasteiger partial charge < -0.3 is 15.4 Å². The molecule has 92 valence electrons. The largest absolute Gasteiger partial charge is 0.473 e. The van der Waals surface area contributed by atoms with Gasteiger partial charge in [-0.15, -0.1) is 0 Å². The Hall–Kier alpha value is -1.07. The van der Waals surface area contributed by atoms with Crippen molar-refractivity contribution in [3.8, 4) is 5.88 Å². The second-order valence-electron chi connectivity index (χ2n) is 4.50. The van der Waals surface area contributed by atoms with E-state index in [4.69, 9.17) is 16.3 Å². The first kappa shape index (κ1) is 11.0. The van der Waals surface area contributed by atoms with Crippen molar-refractivity contribution in [3.63, 3.8) is 0 Å². The lowest BCUT2D eigenvalue weighted by Crippen LogP contribution is -2.23. The summed E-state index contributed by atoms with van der Waals surface area (Å²) in [6.07, 6.45) is 5.16. The number of hydrogen-bond donors (Lipinski definition) is 2. The topological polar surface area (TPSA) is 59.1 Å². The van der Waals surface area contributed by atoms with Gasteiger partial charge >= 0.3 is 0 Å². The molecule has 1 aliphatic carbocycles. The number of anilines is 1. The van der Waals surface area contributed by atoms with Gasteiger partial charge in [0.05, 0.1) is 6.20 Å². The van der Waals surface area contributed by atoms with E-state index >= 15 is 0 Å². The minimum absolute atomic E-state index is 0.295. The molecule has 1 saturated carbocycles. The standard InChI is InChI=1S/C11H15ClN4O/c12-9-6-14-11(15-7-3-4-13-5-7)16-10(9)17-8-1-2-8/h6-8,13H,1-5H2,(H,14,15,16)/t7-/m1/s1. The van der Waals surface area contributed by atoms with E-state index in [1.807, 2.05) is 0 Å². The van der Waals surface area contributed by atoms with Gasteiger partial charge in [0.15, 0.2) is 0 Å². The van der Waals surface area contributed by atoms with E-state index < -0.39 is 0 Å². The van der Waals surface area contributed by atoms with Crippen LogP contribution >= 0.6 is 11.6 Å². The minimum Gasteiger partial charge on any atom is -0.473 e.